The van der Waals surface area contributed by atoms with Gasteiger partial charge in [-0.1, -0.05) is 26.0 Å². The van der Waals surface area contributed by atoms with E-state index in [2.05, 4.69) is 5.32 Å². The molecule has 0 unspecified atom stereocenters. The van der Waals surface area contributed by atoms with Crippen LogP contribution in [0.1, 0.15) is 25.8 Å². The molecule has 1 rings (SSSR count). The van der Waals surface area contributed by atoms with Gasteiger partial charge in [0.15, 0.2) is 0 Å². The summed E-state index contributed by atoms with van der Waals surface area (Å²) in [5.41, 5.74) is 6.80. The van der Waals surface area contributed by atoms with Gasteiger partial charge in [-0.05, 0) is 30.0 Å². The van der Waals surface area contributed by atoms with Crippen molar-refractivity contribution in [3.63, 3.8) is 0 Å². The molecule has 0 saturated heterocycles. The van der Waals surface area contributed by atoms with Gasteiger partial charge in [0.25, 0.3) is 0 Å². The number of benzene rings is 1. The van der Waals surface area contributed by atoms with Crippen LogP contribution in [0.2, 0.25) is 0 Å². The van der Waals surface area contributed by atoms with Crippen molar-refractivity contribution in [3.05, 3.63) is 29.8 Å². The van der Waals surface area contributed by atoms with Gasteiger partial charge in [0.05, 0.1) is 6.04 Å². The number of alkyl halides is 3. The van der Waals surface area contributed by atoms with E-state index >= 15 is 0 Å². The molecule has 3 nitrogen and oxygen atoms in total. The Balaban J connectivity index is 2.57. The third-order valence-electron chi connectivity index (χ3n) is 2.94. The summed E-state index contributed by atoms with van der Waals surface area (Å²) in [6.45, 7) is 3.68. The molecule has 0 aliphatic heterocycles. The van der Waals surface area contributed by atoms with Crippen molar-refractivity contribution in [3.8, 4) is 0 Å². The maximum absolute atomic E-state index is 12.1. The van der Waals surface area contributed by atoms with Gasteiger partial charge in [-0.25, -0.2) is 0 Å². The van der Waals surface area contributed by atoms with E-state index in [1.807, 2.05) is 13.8 Å². The summed E-state index contributed by atoms with van der Waals surface area (Å²) in [5, 5.41) is 2.64. The van der Waals surface area contributed by atoms with E-state index < -0.39 is 18.6 Å². The number of hydrogen-bond acceptors (Lipinski definition) is 2. The molecule has 1 atom stereocenters. The molecule has 0 aliphatic rings. The summed E-state index contributed by atoms with van der Waals surface area (Å²) in [6.07, 6.45) is -5.07. The predicted octanol–water partition coefficient (Wildman–Crippen LogP) is 3.10. The molecule has 0 heterocycles. The van der Waals surface area contributed by atoms with E-state index in [-0.39, 0.29) is 18.2 Å². The molecular formula is C14H19F3N2O. The normalized spacial score (nSPS) is 13.3. The molecule has 1 aromatic rings. The number of carbonyl (C=O) groups excluding carboxylic acids is 1. The van der Waals surface area contributed by atoms with Gasteiger partial charge in [-0.3, -0.25) is 4.79 Å². The lowest BCUT2D eigenvalue weighted by molar-refractivity contribution is -0.134. The first kappa shape index (κ1) is 16.5. The first-order valence-corrected chi connectivity index (χ1v) is 6.41. The molecule has 0 aromatic heterocycles. The van der Waals surface area contributed by atoms with Crippen LogP contribution in [0.4, 0.5) is 18.9 Å². The number of halogens is 3. The monoisotopic (exact) mass is 288 g/mol. The molecule has 1 aromatic carbocycles. The van der Waals surface area contributed by atoms with Crippen molar-refractivity contribution in [1.82, 2.24) is 0 Å². The maximum Gasteiger partial charge on any atom is 0.389 e. The lowest BCUT2D eigenvalue weighted by Gasteiger charge is -2.15. The largest absolute Gasteiger partial charge is 0.389 e. The molecular weight excluding hydrogens is 269 g/mol. The second-order valence-corrected chi connectivity index (χ2v) is 5.07. The van der Waals surface area contributed by atoms with Gasteiger partial charge in [-0.15, -0.1) is 0 Å². The Bertz CT molecular complexity index is 441. The average molecular weight is 288 g/mol. The van der Waals surface area contributed by atoms with Crippen LogP contribution in [-0.2, 0) is 11.2 Å². The van der Waals surface area contributed by atoms with Gasteiger partial charge in [-0.2, -0.15) is 13.2 Å². The van der Waals surface area contributed by atoms with Crippen LogP contribution in [-0.4, -0.2) is 18.1 Å². The van der Waals surface area contributed by atoms with E-state index in [0.29, 0.717) is 11.3 Å². The summed E-state index contributed by atoms with van der Waals surface area (Å²) >= 11 is 0. The number of nitrogens with one attached hydrogen (secondary N) is 1. The van der Waals surface area contributed by atoms with Crippen LogP contribution in [0, 0.1) is 5.92 Å². The van der Waals surface area contributed by atoms with Crippen molar-refractivity contribution in [2.45, 2.75) is 38.9 Å². The summed E-state index contributed by atoms with van der Waals surface area (Å²) < 4.78 is 36.3. The highest BCUT2D eigenvalue weighted by Crippen LogP contribution is 2.22. The van der Waals surface area contributed by atoms with Crippen molar-refractivity contribution in [2.24, 2.45) is 11.7 Å². The zero-order valence-corrected chi connectivity index (χ0v) is 11.5. The molecule has 3 N–H and O–H groups in total. The summed E-state index contributed by atoms with van der Waals surface area (Å²) in [7, 11) is 0. The number of nitrogens with two attached hydrogens (primary N) is 1. The lowest BCUT2D eigenvalue weighted by atomic mass is 10.0. The zero-order chi connectivity index (χ0) is 15.3. The Morgan fingerprint density at radius 3 is 2.25 bits per heavy atom. The minimum Gasteiger partial charge on any atom is -0.325 e. The highest BCUT2D eigenvalue weighted by molar-refractivity contribution is 5.94. The molecule has 0 saturated carbocycles. The maximum atomic E-state index is 12.1. The fourth-order valence-corrected chi connectivity index (χ4v) is 1.57. The molecule has 0 radical (unpaired) electrons. The summed E-state index contributed by atoms with van der Waals surface area (Å²) in [4.78, 5) is 11.7. The third kappa shape index (κ3) is 5.61. The topological polar surface area (TPSA) is 55.1 Å². The Labute approximate surface area is 116 Å². The molecule has 20 heavy (non-hydrogen) atoms. The van der Waals surface area contributed by atoms with Crippen molar-refractivity contribution >= 4 is 11.6 Å². The summed E-state index contributed by atoms with van der Waals surface area (Å²) in [5.74, 6) is -0.288. The van der Waals surface area contributed by atoms with Crippen LogP contribution in [0.3, 0.4) is 0 Å². The molecule has 112 valence electrons. The van der Waals surface area contributed by atoms with Crippen LogP contribution >= 0.6 is 0 Å². The van der Waals surface area contributed by atoms with Gasteiger partial charge in [0.2, 0.25) is 5.91 Å². The number of rotatable bonds is 5. The van der Waals surface area contributed by atoms with E-state index in [1.54, 1.807) is 24.3 Å². The van der Waals surface area contributed by atoms with Crippen molar-refractivity contribution in [1.29, 1.82) is 0 Å². The third-order valence-corrected chi connectivity index (χ3v) is 2.94. The first-order chi connectivity index (χ1) is 9.19. The minimum absolute atomic E-state index is 0.0149. The SMILES string of the molecule is CC(C)[C@H](N)C(=O)Nc1ccc(CCC(F)(F)F)cc1. The van der Waals surface area contributed by atoms with Crippen LogP contribution in [0.15, 0.2) is 24.3 Å². The van der Waals surface area contributed by atoms with Gasteiger partial charge in [0.1, 0.15) is 0 Å². The predicted molar refractivity (Wildman–Crippen MR) is 72.3 cm³/mol. The Kier molecular flexibility index (Phi) is 5.56. The van der Waals surface area contributed by atoms with Gasteiger partial charge in [0, 0.05) is 12.1 Å². The Hall–Kier alpha value is -1.56. The second kappa shape index (κ2) is 6.74. The van der Waals surface area contributed by atoms with Gasteiger partial charge >= 0.3 is 6.18 Å². The van der Waals surface area contributed by atoms with Crippen LogP contribution in [0.5, 0.6) is 0 Å². The fraction of sp³-hybridized carbons (Fsp3) is 0.500. The minimum atomic E-state index is -4.16. The Morgan fingerprint density at radius 2 is 1.80 bits per heavy atom. The molecule has 0 spiro atoms. The number of carbonyl (C=O) groups is 1. The van der Waals surface area contributed by atoms with Crippen molar-refractivity contribution in [2.75, 3.05) is 5.32 Å². The zero-order valence-electron chi connectivity index (χ0n) is 11.5. The van der Waals surface area contributed by atoms with E-state index in [9.17, 15) is 18.0 Å². The first-order valence-electron chi connectivity index (χ1n) is 6.41. The number of hydrogen-bond donors (Lipinski definition) is 2. The highest BCUT2D eigenvalue weighted by atomic mass is 19.4. The van der Waals surface area contributed by atoms with Crippen LogP contribution in [0.25, 0.3) is 0 Å². The lowest BCUT2D eigenvalue weighted by Crippen LogP contribution is -2.39. The van der Waals surface area contributed by atoms with E-state index in [4.69, 9.17) is 5.73 Å². The number of aryl methyl sites for hydroxylation is 1. The molecule has 0 bridgehead atoms. The number of amides is 1. The molecule has 0 aliphatic carbocycles. The van der Waals surface area contributed by atoms with Crippen LogP contribution < -0.4 is 11.1 Å². The standard InChI is InChI=1S/C14H19F3N2O/c1-9(2)12(18)13(20)19-11-5-3-10(4-6-11)7-8-14(15,16)17/h3-6,9,12H,7-8,18H2,1-2H3,(H,19,20)/t12-/m0/s1. The number of anilines is 1. The highest BCUT2D eigenvalue weighted by Gasteiger charge is 2.26. The van der Waals surface area contributed by atoms with Gasteiger partial charge < -0.3 is 11.1 Å². The summed E-state index contributed by atoms with van der Waals surface area (Å²) in [6, 6.07) is 5.69. The van der Waals surface area contributed by atoms with Crippen molar-refractivity contribution < 1.29 is 18.0 Å². The average Bonchev–Trinajstić information content (AvgIpc) is 2.36. The Morgan fingerprint density at radius 1 is 1.25 bits per heavy atom. The molecule has 1 amide bonds. The molecule has 6 heteroatoms. The second-order valence-electron chi connectivity index (χ2n) is 5.07. The van der Waals surface area contributed by atoms with E-state index in [0.717, 1.165) is 0 Å². The van der Waals surface area contributed by atoms with E-state index in [1.165, 1.54) is 0 Å². The molecule has 0 fully saturated rings. The smallest absolute Gasteiger partial charge is 0.325 e. The quantitative estimate of drug-likeness (QED) is 0.874. The fourth-order valence-electron chi connectivity index (χ4n) is 1.57.